The summed E-state index contributed by atoms with van der Waals surface area (Å²) in [6, 6.07) is 2.48. The molecule has 0 saturated carbocycles. The number of nitrogens with one attached hydrogen (secondary N) is 1. The van der Waals surface area contributed by atoms with Crippen LogP contribution in [0, 0.1) is 0 Å². The Labute approximate surface area is 89.0 Å². The van der Waals surface area contributed by atoms with Gasteiger partial charge in [0, 0.05) is 18.6 Å². The molecule has 2 unspecified atom stereocenters. The summed E-state index contributed by atoms with van der Waals surface area (Å²) < 4.78 is 10.7. The van der Waals surface area contributed by atoms with Gasteiger partial charge in [0.25, 0.3) is 0 Å². The maximum Gasteiger partial charge on any atom is 0.153 e. The second-order valence-electron chi connectivity index (χ2n) is 4.36. The Hall–Kier alpha value is -0.870. The predicted octanol–water partition coefficient (Wildman–Crippen LogP) is 1.60. The molecule has 15 heavy (non-hydrogen) atoms. The lowest BCUT2D eigenvalue weighted by Gasteiger charge is -2.03. The van der Waals surface area contributed by atoms with E-state index in [-0.39, 0.29) is 0 Å². The molecule has 2 atom stereocenters. The molecule has 1 aromatic heterocycles. The van der Waals surface area contributed by atoms with Gasteiger partial charge in [0.1, 0.15) is 0 Å². The van der Waals surface area contributed by atoms with Crippen molar-refractivity contribution in [1.29, 1.82) is 0 Å². The topological polar surface area (TPSA) is 47.3 Å². The second-order valence-corrected chi connectivity index (χ2v) is 4.36. The first-order valence-electron chi connectivity index (χ1n) is 5.71. The van der Waals surface area contributed by atoms with Gasteiger partial charge in [-0.15, -0.1) is 0 Å². The van der Waals surface area contributed by atoms with Gasteiger partial charge < -0.3 is 14.6 Å². The third-order valence-electron chi connectivity index (χ3n) is 3.30. The first-order chi connectivity index (χ1) is 7.43. The lowest BCUT2D eigenvalue weighted by molar-refractivity contribution is 0.193. The lowest BCUT2D eigenvalue weighted by atomic mass is 10.0. The quantitative estimate of drug-likeness (QED) is 0.802. The standard InChI is InChI=1S/C11H16N2O2/c1-2-9(12-4-1)11-6-10(13-15-11)8-3-5-14-7-8/h6,8-9,12H,1-5,7H2. The Morgan fingerprint density at radius 1 is 1.40 bits per heavy atom. The van der Waals surface area contributed by atoms with Gasteiger partial charge in [0.05, 0.1) is 18.3 Å². The Balaban J connectivity index is 1.74. The molecule has 0 radical (unpaired) electrons. The summed E-state index contributed by atoms with van der Waals surface area (Å²) in [5, 5.41) is 7.56. The zero-order valence-electron chi connectivity index (χ0n) is 8.74. The summed E-state index contributed by atoms with van der Waals surface area (Å²) in [5.74, 6) is 1.44. The van der Waals surface area contributed by atoms with Gasteiger partial charge >= 0.3 is 0 Å². The molecular weight excluding hydrogens is 192 g/mol. The van der Waals surface area contributed by atoms with Crippen LogP contribution >= 0.6 is 0 Å². The van der Waals surface area contributed by atoms with E-state index in [4.69, 9.17) is 9.26 Å². The van der Waals surface area contributed by atoms with Gasteiger partial charge in [-0.05, 0) is 25.8 Å². The maximum absolute atomic E-state index is 5.39. The van der Waals surface area contributed by atoms with E-state index in [9.17, 15) is 0 Å². The van der Waals surface area contributed by atoms with Gasteiger partial charge in [0.15, 0.2) is 5.76 Å². The molecule has 0 amide bonds. The van der Waals surface area contributed by atoms with E-state index in [1.807, 2.05) is 0 Å². The largest absolute Gasteiger partial charge is 0.381 e. The van der Waals surface area contributed by atoms with E-state index in [0.29, 0.717) is 12.0 Å². The van der Waals surface area contributed by atoms with Crippen LogP contribution < -0.4 is 5.32 Å². The fraction of sp³-hybridized carbons (Fsp3) is 0.727. The highest BCUT2D eigenvalue weighted by Gasteiger charge is 2.25. The zero-order valence-corrected chi connectivity index (χ0v) is 8.74. The lowest BCUT2D eigenvalue weighted by Crippen LogP contribution is -2.11. The first kappa shape index (κ1) is 9.36. The molecule has 0 aliphatic carbocycles. The van der Waals surface area contributed by atoms with Gasteiger partial charge in [0.2, 0.25) is 0 Å². The van der Waals surface area contributed by atoms with Crippen LogP contribution in [0.4, 0.5) is 0 Å². The molecule has 2 saturated heterocycles. The van der Waals surface area contributed by atoms with Crippen LogP contribution in [0.25, 0.3) is 0 Å². The number of rotatable bonds is 2. The summed E-state index contributed by atoms with van der Waals surface area (Å²) in [5.41, 5.74) is 1.07. The van der Waals surface area contributed by atoms with Crippen molar-refractivity contribution in [3.05, 3.63) is 17.5 Å². The summed E-state index contributed by atoms with van der Waals surface area (Å²) in [4.78, 5) is 0. The van der Waals surface area contributed by atoms with Crippen LogP contribution in [-0.2, 0) is 4.74 Å². The molecule has 0 bridgehead atoms. The summed E-state index contributed by atoms with van der Waals surface area (Å²) in [6.45, 7) is 2.74. The van der Waals surface area contributed by atoms with Gasteiger partial charge in [-0.2, -0.15) is 0 Å². The van der Waals surface area contributed by atoms with Crippen molar-refractivity contribution in [2.24, 2.45) is 0 Å². The van der Waals surface area contributed by atoms with E-state index in [2.05, 4.69) is 16.5 Å². The van der Waals surface area contributed by atoms with Crippen molar-refractivity contribution in [2.45, 2.75) is 31.2 Å². The maximum atomic E-state index is 5.39. The third-order valence-corrected chi connectivity index (χ3v) is 3.30. The molecular formula is C11H16N2O2. The molecule has 0 spiro atoms. The number of aromatic nitrogens is 1. The normalized spacial score (nSPS) is 31.2. The van der Waals surface area contributed by atoms with Crippen molar-refractivity contribution >= 4 is 0 Å². The summed E-state index contributed by atoms with van der Waals surface area (Å²) >= 11 is 0. The summed E-state index contributed by atoms with van der Waals surface area (Å²) in [6.07, 6.45) is 3.47. The fourth-order valence-electron chi connectivity index (χ4n) is 2.36. The molecule has 4 heteroatoms. The molecule has 3 heterocycles. The number of hydrogen-bond donors (Lipinski definition) is 1. The van der Waals surface area contributed by atoms with E-state index in [1.54, 1.807) is 0 Å². The Morgan fingerprint density at radius 3 is 3.13 bits per heavy atom. The van der Waals surface area contributed by atoms with Gasteiger partial charge in [-0.3, -0.25) is 0 Å². The Morgan fingerprint density at radius 2 is 2.40 bits per heavy atom. The zero-order chi connectivity index (χ0) is 10.1. The average molecular weight is 208 g/mol. The average Bonchev–Trinajstić information content (AvgIpc) is 3.02. The van der Waals surface area contributed by atoms with Crippen LogP contribution in [0.3, 0.4) is 0 Å². The van der Waals surface area contributed by atoms with Crippen molar-refractivity contribution in [3.63, 3.8) is 0 Å². The van der Waals surface area contributed by atoms with Crippen LogP contribution in [0.15, 0.2) is 10.6 Å². The first-order valence-corrected chi connectivity index (χ1v) is 5.71. The minimum atomic E-state index is 0.383. The SMILES string of the molecule is c1c(C2CCOC2)noc1C1CCCN1. The third kappa shape index (κ3) is 1.79. The molecule has 2 aliphatic rings. The van der Waals surface area contributed by atoms with E-state index < -0.39 is 0 Å². The van der Waals surface area contributed by atoms with E-state index in [0.717, 1.165) is 44.1 Å². The minimum Gasteiger partial charge on any atom is -0.381 e. The molecule has 1 N–H and O–H groups in total. The van der Waals surface area contributed by atoms with Crippen LogP contribution in [0.1, 0.15) is 42.7 Å². The van der Waals surface area contributed by atoms with Crippen LogP contribution in [0.2, 0.25) is 0 Å². The van der Waals surface area contributed by atoms with Crippen molar-refractivity contribution in [1.82, 2.24) is 10.5 Å². The highest BCUT2D eigenvalue weighted by atomic mass is 16.5. The molecule has 2 fully saturated rings. The molecule has 2 aliphatic heterocycles. The Kier molecular flexibility index (Phi) is 2.46. The monoisotopic (exact) mass is 208 g/mol. The summed E-state index contributed by atoms with van der Waals surface area (Å²) in [7, 11) is 0. The van der Waals surface area contributed by atoms with E-state index >= 15 is 0 Å². The molecule has 3 rings (SSSR count). The van der Waals surface area contributed by atoms with Crippen molar-refractivity contribution < 1.29 is 9.26 Å². The smallest absolute Gasteiger partial charge is 0.153 e. The second kappa shape index (κ2) is 3.94. The number of nitrogens with zero attached hydrogens (tertiary/aromatic N) is 1. The molecule has 4 nitrogen and oxygen atoms in total. The minimum absolute atomic E-state index is 0.383. The Bertz CT molecular complexity index is 295. The molecule has 82 valence electrons. The predicted molar refractivity (Wildman–Crippen MR) is 54.7 cm³/mol. The van der Waals surface area contributed by atoms with Crippen molar-refractivity contribution in [3.8, 4) is 0 Å². The number of ether oxygens (including phenoxy) is 1. The molecule has 0 aromatic carbocycles. The highest BCUT2D eigenvalue weighted by molar-refractivity contribution is 5.15. The van der Waals surface area contributed by atoms with Crippen molar-refractivity contribution in [2.75, 3.05) is 19.8 Å². The van der Waals surface area contributed by atoms with Crippen LogP contribution in [0.5, 0.6) is 0 Å². The van der Waals surface area contributed by atoms with Gasteiger partial charge in [-0.1, -0.05) is 5.16 Å². The van der Waals surface area contributed by atoms with Crippen LogP contribution in [-0.4, -0.2) is 24.9 Å². The highest BCUT2D eigenvalue weighted by Crippen LogP contribution is 2.29. The van der Waals surface area contributed by atoms with Gasteiger partial charge in [-0.25, -0.2) is 0 Å². The number of hydrogen-bond acceptors (Lipinski definition) is 4. The molecule has 1 aromatic rings. The van der Waals surface area contributed by atoms with E-state index in [1.165, 1.54) is 6.42 Å². The fourth-order valence-corrected chi connectivity index (χ4v) is 2.36.